The van der Waals surface area contributed by atoms with Gasteiger partial charge in [0.25, 0.3) is 0 Å². The zero-order valence-electron chi connectivity index (χ0n) is 9.45. The Morgan fingerprint density at radius 3 is 2.59 bits per heavy atom. The monoisotopic (exact) mass is 403 g/mol. The zero-order valence-corrected chi connectivity index (χ0v) is 14.3. The maximum absolute atomic E-state index is 11.3. The van der Waals surface area contributed by atoms with Gasteiger partial charge in [-0.05, 0) is 50.8 Å². The van der Waals surface area contributed by atoms with Crippen molar-refractivity contribution in [3.8, 4) is 0 Å². The summed E-state index contributed by atoms with van der Waals surface area (Å²) in [5.74, 6) is 0.434. The molecule has 0 saturated carbocycles. The first-order valence-electron chi connectivity index (χ1n) is 5.26. The van der Waals surface area contributed by atoms with Crippen molar-refractivity contribution in [2.24, 2.45) is 5.73 Å². The number of sulfone groups is 1. The Morgan fingerprint density at radius 2 is 2.12 bits per heavy atom. The molecule has 1 atom stereocenters. The molecular weight excluding hydrogens is 390 g/mol. The molecule has 1 rings (SSSR count). The van der Waals surface area contributed by atoms with E-state index in [0.29, 0.717) is 12.8 Å². The van der Waals surface area contributed by atoms with Crippen molar-refractivity contribution in [1.29, 1.82) is 0 Å². The molecule has 0 fully saturated rings. The minimum absolute atomic E-state index is 0.0883. The van der Waals surface area contributed by atoms with Crippen LogP contribution in [-0.2, 0) is 9.84 Å². The molecule has 0 aliphatic carbocycles. The van der Waals surface area contributed by atoms with Crippen LogP contribution in [0.4, 0.5) is 0 Å². The first kappa shape index (κ1) is 15.6. The number of hydrogen-bond donors (Lipinski definition) is 1. The highest BCUT2D eigenvalue weighted by Crippen LogP contribution is 2.35. The van der Waals surface area contributed by atoms with Crippen molar-refractivity contribution in [3.05, 3.63) is 19.2 Å². The maximum atomic E-state index is 11.3. The molecule has 0 aliphatic heterocycles. The lowest BCUT2D eigenvalue weighted by Gasteiger charge is -2.08. The lowest BCUT2D eigenvalue weighted by Crippen LogP contribution is -2.13. The molecule has 98 valence electrons. The summed E-state index contributed by atoms with van der Waals surface area (Å²) in [7, 11) is -2.87. The van der Waals surface area contributed by atoms with Gasteiger partial charge in [0, 0.05) is 21.1 Å². The molecule has 7 heteroatoms. The normalized spacial score (nSPS) is 13.9. The molecular formula is C10H15Br2NO2S2. The Balaban J connectivity index is 2.48. The highest BCUT2D eigenvalue weighted by atomic mass is 79.9. The standard InChI is InChI=1S/C10H15Br2NO2S2/c1-2-17(14,15)5-3-4-8(13)9-6-7(11)10(12)16-9/h6,8H,2-5,13H2,1H3. The van der Waals surface area contributed by atoms with Crippen molar-refractivity contribution in [3.63, 3.8) is 0 Å². The van der Waals surface area contributed by atoms with Gasteiger partial charge < -0.3 is 5.73 Å². The lowest BCUT2D eigenvalue weighted by molar-refractivity contribution is 0.585. The molecule has 0 saturated heterocycles. The molecule has 2 N–H and O–H groups in total. The molecule has 0 spiro atoms. The first-order chi connectivity index (χ1) is 7.85. The number of thiophene rings is 1. The second-order valence-corrected chi connectivity index (χ2v) is 9.48. The van der Waals surface area contributed by atoms with Crippen molar-refractivity contribution >= 4 is 53.0 Å². The molecule has 1 heterocycles. The van der Waals surface area contributed by atoms with Gasteiger partial charge in [-0.15, -0.1) is 11.3 Å². The molecule has 1 unspecified atom stereocenters. The van der Waals surface area contributed by atoms with Crippen LogP contribution < -0.4 is 5.73 Å². The largest absolute Gasteiger partial charge is 0.323 e. The van der Waals surface area contributed by atoms with E-state index in [-0.39, 0.29) is 17.5 Å². The van der Waals surface area contributed by atoms with Gasteiger partial charge in [0.15, 0.2) is 0 Å². The van der Waals surface area contributed by atoms with Crippen LogP contribution in [0.1, 0.15) is 30.7 Å². The third-order valence-corrected chi connectivity index (χ3v) is 7.62. The van der Waals surface area contributed by atoms with Crippen LogP contribution in [0.3, 0.4) is 0 Å². The predicted molar refractivity (Wildman–Crippen MR) is 80.2 cm³/mol. The van der Waals surface area contributed by atoms with Crippen molar-refractivity contribution < 1.29 is 8.42 Å². The molecule has 1 aromatic heterocycles. The van der Waals surface area contributed by atoms with Crippen LogP contribution in [0.15, 0.2) is 14.3 Å². The number of halogens is 2. The van der Waals surface area contributed by atoms with E-state index in [1.54, 1.807) is 18.3 Å². The highest BCUT2D eigenvalue weighted by molar-refractivity contribution is 9.13. The summed E-state index contributed by atoms with van der Waals surface area (Å²) >= 11 is 8.40. The van der Waals surface area contributed by atoms with E-state index < -0.39 is 9.84 Å². The van der Waals surface area contributed by atoms with E-state index in [1.807, 2.05) is 6.07 Å². The van der Waals surface area contributed by atoms with Crippen LogP contribution in [0.2, 0.25) is 0 Å². The fourth-order valence-electron chi connectivity index (χ4n) is 1.36. The molecule has 0 amide bonds. The average molecular weight is 405 g/mol. The summed E-state index contributed by atoms with van der Waals surface area (Å²) in [6.45, 7) is 1.67. The van der Waals surface area contributed by atoms with Gasteiger partial charge in [-0.1, -0.05) is 6.92 Å². The third-order valence-electron chi connectivity index (χ3n) is 2.44. The van der Waals surface area contributed by atoms with E-state index in [1.165, 1.54) is 0 Å². The molecule has 3 nitrogen and oxygen atoms in total. The molecule has 0 aromatic carbocycles. The van der Waals surface area contributed by atoms with E-state index in [4.69, 9.17) is 5.73 Å². The zero-order chi connectivity index (χ0) is 13.1. The fourth-order valence-corrected chi connectivity index (χ4v) is 4.38. The van der Waals surface area contributed by atoms with E-state index in [9.17, 15) is 8.42 Å². The first-order valence-corrected chi connectivity index (χ1v) is 9.49. The number of nitrogens with two attached hydrogens (primary N) is 1. The summed E-state index contributed by atoms with van der Waals surface area (Å²) in [5, 5.41) is 0. The van der Waals surface area contributed by atoms with Gasteiger partial charge in [-0.2, -0.15) is 0 Å². The summed E-state index contributed by atoms with van der Waals surface area (Å²) in [6, 6.07) is 1.89. The van der Waals surface area contributed by atoms with Crippen molar-refractivity contribution in [1.82, 2.24) is 0 Å². The van der Waals surface area contributed by atoms with Crippen LogP contribution in [-0.4, -0.2) is 19.9 Å². The van der Waals surface area contributed by atoms with Gasteiger partial charge in [0.2, 0.25) is 0 Å². The van der Waals surface area contributed by atoms with E-state index in [2.05, 4.69) is 31.9 Å². The predicted octanol–water partition coefficient (Wildman–Crippen LogP) is 3.49. The molecule has 1 aromatic rings. The Bertz CT molecular complexity index is 451. The summed E-state index contributed by atoms with van der Waals surface area (Å²) in [6.07, 6.45) is 1.31. The van der Waals surface area contributed by atoms with Crippen LogP contribution >= 0.6 is 43.2 Å². The van der Waals surface area contributed by atoms with Gasteiger partial charge in [0.1, 0.15) is 9.84 Å². The van der Waals surface area contributed by atoms with Gasteiger partial charge in [-0.25, -0.2) is 8.42 Å². The van der Waals surface area contributed by atoms with Crippen molar-refractivity contribution in [2.45, 2.75) is 25.8 Å². The Labute approximate surface area is 123 Å². The van der Waals surface area contributed by atoms with Crippen LogP contribution in [0, 0.1) is 0 Å². The average Bonchev–Trinajstić information content (AvgIpc) is 2.59. The lowest BCUT2D eigenvalue weighted by atomic mass is 10.1. The second-order valence-electron chi connectivity index (χ2n) is 3.76. The van der Waals surface area contributed by atoms with Crippen LogP contribution in [0.25, 0.3) is 0 Å². The molecule has 0 bridgehead atoms. The highest BCUT2D eigenvalue weighted by Gasteiger charge is 2.13. The quantitative estimate of drug-likeness (QED) is 0.789. The Kier molecular flexibility index (Phi) is 6.12. The number of rotatable bonds is 6. The van der Waals surface area contributed by atoms with Gasteiger partial charge in [0.05, 0.1) is 9.54 Å². The smallest absolute Gasteiger partial charge is 0.150 e. The van der Waals surface area contributed by atoms with Gasteiger partial charge >= 0.3 is 0 Å². The topological polar surface area (TPSA) is 60.2 Å². The Morgan fingerprint density at radius 1 is 1.47 bits per heavy atom. The van der Waals surface area contributed by atoms with E-state index >= 15 is 0 Å². The fraction of sp³-hybridized carbons (Fsp3) is 0.600. The van der Waals surface area contributed by atoms with Gasteiger partial charge in [-0.3, -0.25) is 0 Å². The van der Waals surface area contributed by atoms with Crippen LogP contribution in [0.5, 0.6) is 0 Å². The molecule has 0 aliphatic rings. The molecule has 17 heavy (non-hydrogen) atoms. The Hall–Kier alpha value is 0.570. The van der Waals surface area contributed by atoms with E-state index in [0.717, 1.165) is 13.1 Å². The second kappa shape index (κ2) is 6.65. The summed E-state index contributed by atoms with van der Waals surface area (Å²) in [5.41, 5.74) is 6.02. The maximum Gasteiger partial charge on any atom is 0.150 e. The minimum atomic E-state index is -2.87. The minimum Gasteiger partial charge on any atom is -0.323 e. The van der Waals surface area contributed by atoms with Crippen molar-refractivity contribution in [2.75, 3.05) is 11.5 Å². The summed E-state index contributed by atoms with van der Waals surface area (Å²) in [4.78, 5) is 1.07. The molecule has 0 radical (unpaired) electrons. The number of hydrogen-bond acceptors (Lipinski definition) is 4. The summed E-state index contributed by atoms with van der Waals surface area (Å²) < 4.78 is 24.7. The third kappa shape index (κ3) is 4.98. The SMILES string of the molecule is CCS(=O)(=O)CCCC(N)c1cc(Br)c(Br)s1.